The number of fused-ring (bicyclic) bond motifs is 14. The van der Waals surface area contributed by atoms with E-state index < -0.39 is 0 Å². The zero-order valence-electron chi connectivity index (χ0n) is 28.5. The van der Waals surface area contributed by atoms with Crippen molar-refractivity contribution in [3.05, 3.63) is 175 Å². The lowest BCUT2D eigenvalue weighted by Crippen LogP contribution is -2.19. The Kier molecular flexibility index (Phi) is 5.55. The molecule has 3 heteroatoms. The first-order chi connectivity index (χ1) is 25.7. The van der Waals surface area contributed by atoms with Crippen LogP contribution in [0.1, 0.15) is 35.6 Å². The molecule has 1 aliphatic carbocycles. The van der Waals surface area contributed by atoms with Gasteiger partial charge in [0.1, 0.15) is 0 Å². The van der Waals surface area contributed by atoms with Gasteiger partial charge in [-0.1, -0.05) is 134 Å². The Morgan fingerprint density at radius 2 is 1.13 bits per heavy atom. The Hall–Kier alpha value is -6.58. The van der Waals surface area contributed by atoms with Gasteiger partial charge < -0.3 is 4.40 Å². The molecule has 0 amide bonds. The first-order valence-electron chi connectivity index (χ1n) is 18.2. The van der Waals surface area contributed by atoms with Crippen LogP contribution >= 0.6 is 0 Å². The van der Waals surface area contributed by atoms with Crippen LogP contribution in [0, 0.1) is 0 Å². The minimum Gasteiger partial charge on any atom is -0.308 e. The Balaban J connectivity index is 1.26. The average Bonchev–Trinajstić information content (AvgIpc) is 3.72. The minimum absolute atomic E-state index is 0.00806. The molecule has 12 rings (SSSR count). The van der Waals surface area contributed by atoms with Crippen molar-refractivity contribution in [1.82, 2.24) is 14.4 Å². The van der Waals surface area contributed by atoms with Gasteiger partial charge in [0, 0.05) is 38.4 Å². The lowest BCUT2D eigenvalue weighted by Gasteiger charge is -2.35. The van der Waals surface area contributed by atoms with Gasteiger partial charge in [0.2, 0.25) is 0 Å². The molecule has 1 aliphatic rings. The summed E-state index contributed by atoms with van der Waals surface area (Å²) in [4.78, 5) is 10.8. The summed E-state index contributed by atoms with van der Waals surface area (Å²) in [6, 6.07) is 57.7. The van der Waals surface area contributed by atoms with Crippen LogP contribution in [-0.4, -0.2) is 14.4 Å². The van der Waals surface area contributed by atoms with E-state index >= 15 is 0 Å². The fourth-order valence-electron chi connectivity index (χ4n) is 9.63. The van der Waals surface area contributed by atoms with Crippen molar-refractivity contribution in [3.63, 3.8) is 0 Å². The van der Waals surface area contributed by atoms with Crippen LogP contribution in [0.4, 0.5) is 0 Å². The van der Waals surface area contributed by atoms with E-state index in [9.17, 15) is 0 Å². The van der Waals surface area contributed by atoms with Gasteiger partial charge in [0.25, 0.3) is 0 Å². The summed E-state index contributed by atoms with van der Waals surface area (Å²) < 4.78 is 2.51. The molecule has 3 heterocycles. The largest absolute Gasteiger partial charge is 0.308 e. The van der Waals surface area contributed by atoms with Gasteiger partial charge in [-0.05, 0) is 80.0 Å². The van der Waals surface area contributed by atoms with Crippen LogP contribution in [0.5, 0.6) is 0 Å². The van der Waals surface area contributed by atoms with Gasteiger partial charge >= 0.3 is 0 Å². The maximum Gasteiger partial charge on any atom is 0.160 e. The quantitative estimate of drug-likeness (QED) is 0.185. The van der Waals surface area contributed by atoms with E-state index in [1.54, 1.807) is 0 Å². The lowest BCUT2D eigenvalue weighted by atomic mass is 9.68. The molecular weight excluding hydrogens is 631 g/mol. The standard InChI is InChI=1S/C49H31N3/c1-28-33-25-24-30-13-4-5-15-34(30)44(33)45-39(27-38-35-16-7-10-20-41(35)52-42-21-11-8-18-37(42)46(45)48(38)52)43(28)47-36-17-6-9-19-40(36)50-49(51-47)32-23-22-29-12-2-3-14-31(29)26-32/h2-28,43H,1H3. The van der Waals surface area contributed by atoms with Crippen LogP contribution in [-0.2, 0) is 0 Å². The second kappa shape index (κ2) is 10.2. The van der Waals surface area contributed by atoms with E-state index in [1.165, 1.54) is 81.9 Å². The SMILES string of the molecule is CC1c2ccc3ccccc3c2-c2c(cc3c4ccccc4n4c5ccccc5c2c34)C1c1nc(-c2ccc3ccccc3c2)nc2ccccc12. The normalized spacial score (nSPS) is 15.8. The Labute approximate surface area is 299 Å². The van der Waals surface area contributed by atoms with Gasteiger partial charge in [-0.3, -0.25) is 0 Å². The molecule has 0 aliphatic heterocycles. The predicted molar refractivity (Wildman–Crippen MR) is 217 cm³/mol. The van der Waals surface area contributed by atoms with E-state index in [4.69, 9.17) is 9.97 Å². The van der Waals surface area contributed by atoms with Crippen LogP contribution < -0.4 is 0 Å². The average molecular weight is 662 g/mol. The number of para-hydroxylation sites is 3. The molecule has 2 atom stereocenters. The topological polar surface area (TPSA) is 30.2 Å². The summed E-state index contributed by atoms with van der Waals surface area (Å²) in [6.07, 6.45) is 0. The zero-order chi connectivity index (χ0) is 34.1. The van der Waals surface area contributed by atoms with E-state index in [-0.39, 0.29) is 11.8 Å². The molecule has 8 aromatic carbocycles. The van der Waals surface area contributed by atoms with E-state index in [0.29, 0.717) is 0 Å². The molecular formula is C49H31N3. The zero-order valence-corrected chi connectivity index (χ0v) is 28.5. The fraction of sp³-hybridized carbons (Fsp3) is 0.0612. The van der Waals surface area contributed by atoms with Gasteiger partial charge in [-0.25, -0.2) is 9.97 Å². The summed E-state index contributed by atoms with van der Waals surface area (Å²) in [5, 5.41) is 11.3. The highest BCUT2D eigenvalue weighted by Crippen LogP contribution is 2.57. The highest BCUT2D eigenvalue weighted by Gasteiger charge is 2.38. The molecule has 0 saturated heterocycles. The number of benzene rings is 8. The first kappa shape index (κ1) is 28.2. The number of hydrogen-bond acceptors (Lipinski definition) is 2. The summed E-state index contributed by atoms with van der Waals surface area (Å²) in [6.45, 7) is 2.41. The number of rotatable bonds is 2. The Morgan fingerprint density at radius 3 is 1.98 bits per heavy atom. The smallest absolute Gasteiger partial charge is 0.160 e. The molecule has 0 bridgehead atoms. The third-order valence-corrected chi connectivity index (χ3v) is 11.9. The highest BCUT2D eigenvalue weighted by molar-refractivity contribution is 6.29. The van der Waals surface area contributed by atoms with Crippen LogP contribution in [0.2, 0.25) is 0 Å². The van der Waals surface area contributed by atoms with Crippen molar-refractivity contribution < 1.29 is 0 Å². The van der Waals surface area contributed by atoms with Crippen molar-refractivity contribution >= 4 is 70.5 Å². The molecule has 0 spiro atoms. The van der Waals surface area contributed by atoms with Gasteiger partial charge in [-0.15, -0.1) is 0 Å². The number of nitrogens with zero attached hydrogens (tertiary/aromatic N) is 3. The van der Waals surface area contributed by atoms with E-state index in [0.717, 1.165) is 28.0 Å². The number of aromatic nitrogens is 3. The predicted octanol–water partition coefficient (Wildman–Crippen LogP) is 12.7. The molecule has 3 aromatic heterocycles. The van der Waals surface area contributed by atoms with Crippen LogP contribution in [0.3, 0.4) is 0 Å². The van der Waals surface area contributed by atoms with E-state index in [2.05, 4.69) is 169 Å². The summed E-state index contributed by atoms with van der Waals surface area (Å²) in [5.74, 6) is 0.917. The minimum atomic E-state index is -0.00806. The number of hydrogen-bond donors (Lipinski definition) is 0. The van der Waals surface area contributed by atoms with Gasteiger partial charge in [-0.2, -0.15) is 0 Å². The first-order valence-corrected chi connectivity index (χ1v) is 18.2. The molecule has 0 radical (unpaired) electrons. The molecule has 3 nitrogen and oxygen atoms in total. The fourth-order valence-corrected chi connectivity index (χ4v) is 9.63. The second-order valence-electron chi connectivity index (χ2n) is 14.5. The molecule has 11 aromatic rings. The second-order valence-corrected chi connectivity index (χ2v) is 14.5. The highest BCUT2D eigenvalue weighted by atomic mass is 14.9. The van der Waals surface area contributed by atoms with Crippen molar-refractivity contribution in [3.8, 4) is 22.5 Å². The Bertz CT molecular complexity index is 3280. The molecule has 0 N–H and O–H groups in total. The van der Waals surface area contributed by atoms with Crippen LogP contribution in [0.25, 0.3) is 93.1 Å². The third-order valence-electron chi connectivity index (χ3n) is 11.9. The van der Waals surface area contributed by atoms with Crippen molar-refractivity contribution in [1.29, 1.82) is 0 Å². The van der Waals surface area contributed by atoms with E-state index in [1.807, 2.05) is 0 Å². The molecule has 242 valence electrons. The Morgan fingerprint density at radius 1 is 0.481 bits per heavy atom. The lowest BCUT2D eigenvalue weighted by molar-refractivity contribution is 0.640. The summed E-state index contributed by atoms with van der Waals surface area (Å²) >= 11 is 0. The monoisotopic (exact) mass is 661 g/mol. The van der Waals surface area contributed by atoms with Crippen LogP contribution in [0.15, 0.2) is 158 Å². The molecule has 0 saturated carbocycles. The molecule has 52 heavy (non-hydrogen) atoms. The van der Waals surface area contributed by atoms with Gasteiger partial charge in [0.05, 0.1) is 27.8 Å². The molecule has 0 fully saturated rings. The summed E-state index contributed by atoms with van der Waals surface area (Å²) in [7, 11) is 0. The van der Waals surface area contributed by atoms with Crippen molar-refractivity contribution in [2.45, 2.75) is 18.8 Å². The third kappa shape index (κ3) is 3.64. The van der Waals surface area contributed by atoms with Gasteiger partial charge in [0.15, 0.2) is 5.82 Å². The van der Waals surface area contributed by atoms with Crippen molar-refractivity contribution in [2.24, 2.45) is 0 Å². The summed E-state index contributed by atoms with van der Waals surface area (Å²) in [5.41, 5.74) is 12.3. The maximum absolute atomic E-state index is 5.61. The molecule has 2 unspecified atom stereocenters. The van der Waals surface area contributed by atoms with Crippen molar-refractivity contribution in [2.75, 3.05) is 0 Å². The maximum atomic E-state index is 5.61.